The van der Waals surface area contributed by atoms with Crippen LogP contribution in [0.15, 0.2) is 24.3 Å². The van der Waals surface area contributed by atoms with Crippen LogP contribution in [0.2, 0.25) is 0 Å². The van der Waals surface area contributed by atoms with Crippen molar-refractivity contribution in [3.05, 3.63) is 29.3 Å². The zero-order valence-electron chi connectivity index (χ0n) is 10.9. The summed E-state index contributed by atoms with van der Waals surface area (Å²) in [5.74, 6) is 1.68. The number of para-hydroxylation sites is 1. The predicted molar refractivity (Wildman–Crippen MR) is 78.1 cm³/mol. The molecule has 1 aliphatic carbocycles. The molecule has 1 aromatic carbocycles. The topological polar surface area (TPSA) is 24.9 Å². The van der Waals surface area contributed by atoms with Crippen LogP contribution < -0.4 is 5.32 Å². The standard InChI is InChI=1S/C15H20N2S/c1-16-10-12-6-4-5-11(12)9-15-17-13-7-2-3-8-14(13)18-15/h2-3,7-8,11-12,16H,4-6,9-10H2,1H3. The molecule has 0 bridgehead atoms. The van der Waals surface area contributed by atoms with Crippen molar-refractivity contribution in [3.8, 4) is 0 Å². The van der Waals surface area contributed by atoms with E-state index < -0.39 is 0 Å². The number of nitrogens with zero attached hydrogens (tertiary/aromatic N) is 1. The van der Waals surface area contributed by atoms with Crippen LogP contribution in [0.3, 0.4) is 0 Å². The van der Waals surface area contributed by atoms with Gasteiger partial charge >= 0.3 is 0 Å². The highest BCUT2D eigenvalue weighted by Gasteiger charge is 2.27. The van der Waals surface area contributed by atoms with Gasteiger partial charge in [0.05, 0.1) is 15.2 Å². The summed E-state index contributed by atoms with van der Waals surface area (Å²) in [6, 6.07) is 8.47. The third kappa shape index (κ3) is 2.43. The summed E-state index contributed by atoms with van der Waals surface area (Å²) in [7, 11) is 2.06. The normalized spacial score (nSPS) is 23.8. The van der Waals surface area contributed by atoms with Crippen LogP contribution in [-0.4, -0.2) is 18.6 Å². The summed E-state index contributed by atoms with van der Waals surface area (Å²) in [5.41, 5.74) is 1.17. The first-order valence-electron chi connectivity index (χ1n) is 6.86. The summed E-state index contributed by atoms with van der Waals surface area (Å²) in [6.07, 6.45) is 5.33. The van der Waals surface area contributed by atoms with Crippen molar-refractivity contribution < 1.29 is 0 Å². The lowest BCUT2D eigenvalue weighted by atomic mass is 9.93. The maximum atomic E-state index is 4.77. The number of rotatable bonds is 4. The fourth-order valence-corrected chi connectivity index (χ4v) is 4.20. The highest BCUT2D eigenvalue weighted by Crippen LogP contribution is 2.35. The Morgan fingerprint density at radius 1 is 1.28 bits per heavy atom. The summed E-state index contributed by atoms with van der Waals surface area (Å²) < 4.78 is 1.33. The molecule has 2 unspecified atom stereocenters. The molecule has 1 aromatic heterocycles. The lowest BCUT2D eigenvalue weighted by molar-refractivity contribution is 0.374. The van der Waals surface area contributed by atoms with Gasteiger partial charge in [0, 0.05) is 6.42 Å². The fraction of sp³-hybridized carbons (Fsp3) is 0.533. The van der Waals surface area contributed by atoms with Gasteiger partial charge in [-0.1, -0.05) is 18.6 Å². The Balaban J connectivity index is 1.75. The molecule has 0 spiro atoms. The van der Waals surface area contributed by atoms with E-state index >= 15 is 0 Å². The first-order chi connectivity index (χ1) is 8.86. The average molecular weight is 260 g/mol. The van der Waals surface area contributed by atoms with Crippen LogP contribution in [0, 0.1) is 11.8 Å². The highest BCUT2D eigenvalue weighted by atomic mass is 32.1. The third-order valence-corrected chi connectivity index (χ3v) is 5.12. The minimum absolute atomic E-state index is 0.831. The Morgan fingerprint density at radius 2 is 2.11 bits per heavy atom. The quantitative estimate of drug-likeness (QED) is 0.910. The van der Waals surface area contributed by atoms with Crippen LogP contribution in [0.5, 0.6) is 0 Å². The van der Waals surface area contributed by atoms with Crippen LogP contribution in [-0.2, 0) is 6.42 Å². The van der Waals surface area contributed by atoms with Crippen LogP contribution in [0.25, 0.3) is 10.2 Å². The number of hydrogen-bond acceptors (Lipinski definition) is 3. The molecule has 0 aliphatic heterocycles. The number of nitrogens with one attached hydrogen (secondary N) is 1. The van der Waals surface area contributed by atoms with Crippen molar-refractivity contribution in [3.63, 3.8) is 0 Å². The van der Waals surface area contributed by atoms with Crippen molar-refractivity contribution in [1.82, 2.24) is 10.3 Å². The van der Waals surface area contributed by atoms with E-state index in [9.17, 15) is 0 Å². The summed E-state index contributed by atoms with van der Waals surface area (Å²) >= 11 is 1.87. The molecule has 1 N–H and O–H groups in total. The van der Waals surface area contributed by atoms with Gasteiger partial charge in [0.15, 0.2) is 0 Å². The largest absolute Gasteiger partial charge is 0.319 e. The molecule has 18 heavy (non-hydrogen) atoms. The number of aromatic nitrogens is 1. The molecule has 3 rings (SSSR count). The second-order valence-electron chi connectivity index (χ2n) is 5.29. The van der Waals surface area contributed by atoms with Crippen molar-refractivity contribution in [1.29, 1.82) is 0 Å². The molecule has 1 fully saturated rings. The molecule has 0 amide bonds. The molecule has 1 heterocycles. The Kier molecular flexibility index (Phi) is 3.62. The zero-order chi connectivity index (χ0) is 12.4. The molecule has 3 heteroatoms. The number of benzene rings is 1. The van der Waals surface area contributed by atoms with Crippen molar-refractivity contribution in [2.45, 2.75) is 25.7 Å². The summed E-state index contributed by atoms with van der Waals surface area (Å²) in [6.45, 7) is 1.16. The van der Waals surface area contributed by atoms with Gasteiger partial charge in [0.2, 0.25) is 0 Å². The van der Waals surface area contributed by atoms with Gasteiger partial charge in [-0.25, -0.2) is 4.98 Å². The predicted octanol–water partition coefficient (Wildman–Crippen LogP) is 3.47. The second kappa shape index (κ2) is 5.37. The van der Waals surface area contributed by atoms with Crippen LogP contribution in [0.1, 0.15) is 24.3 Å². The smallest absolute Gasteiger partial charge is 0.0941 e. The summed E-state index contributed by atoms with van der Waals surface area (Å²) in [5, 5.41) is 4.66. The molecular weight excluding hydrogens is 240 g/mol. The molecule has 0 saturated heterocycles. The van der Waals surface area contributed by atoms with Crippen LogP contribution >= 0.6 is 11.3 Å². The van der Waals surface area contributed by atoms with Crippen LogP contribution in [0.4, 0.5) is 0 Å². The fourth-order valence-electron chi connectivity index (χ4n) is 3.14. The van der Waals surface area contributed by atoms with Gasteiger partial charge < -0.3 is 5.32 Å². The van der Waals surface area contributed by atoms with Gasteiger partial charge in [-0.3, -0.25) is 0 Å². The number of fused-ring (bicyclic) bond motifs is 1. The van der Waals surface area contributed by atoms with E-state index in [0.29, 0.717) is 0 Å². The van der Waals surface area contributed by atoms with Gasteiger partial charge in [-0.15, -0.1) is 11.3 Å². The third-order valence-electron chi connectivity index (χ3n) is 4.06. The molecule has 1 saturated carbocycles. The molecule has 2 nitrogen and oxygen atoms in total. The van der Waals surface area contributed by atoms with E-state index in [2.05, 4.69) is 36.6 Å². The molecular formula is C15H20N2S. The van der Waals surface area contributed by atoms with Gasteiger partial charge in [-0.2, -0.15) is 0 Å². The summed E-state index contributed by atoms with van der Waals surface area (Å²) in [4.78, 5) is 4.77. The second-order valence-corrected chi connectivity index (χ2v) is 6.40. The molecule has 2 atom stereocenters. The highest BCUT2D eigenvalue weighted by molar-refractivity contribution is 7.18. The van der Waals surface area contributed by atoms with E-state index in [1.807, 2.05) is 11.3 Å². The first-order valence-corrected chi connectivity index (χ1v) is 7.67. The van der Waals surface area contributed by atoms with Crippen molar-refractivity contribution in [2.24, 2.45) is 11.8 Å². The molecule has 0 radical (unpaired) electrons. The van der Waals surface area contributed by atoms with Gasteiger partial charge in [0.1, 0.15) is 0 Å². The monoisotopic (exact) mass is 260 g/mol. The minimum atomic E-state index is 0.831. The zero-order valence-corrected chi connectivity index (χ0v) is 11.7. The van der Waals surface area contributed by atoms with Gasteiger partial charge in [-0.05, 0) is 50.4 Å². The van der Waals surface area contributed by atoms with E-state index in [0.717, 1.165) is 18.4 Å². The van der Waals surface area contributed by atoms with Crippen molar-refractivity contribution in [2.75, 3.05) is 13.6 Å². The Labute approximate surface area is 112 Å². The van der Waals surface area contributed by atoms with Crippen molar-refractivity contribution >= 4 is 21.6 Å². The van der Waals surface area contributed by atoms with Gasteiger partial charge in [0.25, 0.3) is 0 Å². The van der Waals surface area contributed by atoms with E-state index in [1.54, 1.807) is 0 Å². The number of hydrogen-bond donors (Lipinski definition) is 1. The van der Waals surface area contributed by atoms with E-state index in [1.165, 1.54) is 40.9 Å². The Morgan fingerprint density at radius 3 is 2.94 bits per heavy atom. The van der Waals surface area contributed by atoms with E-state index in [-0.39, 0.29) is 0 Å². The molecule has 96 valence electrons. The maximum Gasteiger partial charge on any atom is 0.0941 e. The lowest BCUT2D eigenvalue weighted by Gasteiger charge is -2.17. The SMILES string of the molecule is CNCC1CCCC1Cc1nc2ccccc2s1. The first kappa shape index (κ1) is 12.1. The average Bonchev–Trinajstić information content (AvgIpc) is 2.97. The molecule has 2 aromatic rings. The number of thiazole rings is 1. The van der Waals surface area contributed by atoms with E-state index in [4.69, 9.17) is 4.98 Å². The minimum Gasteiger partial charge on any atom is -0.319 e. The molecule has 1 aliphatic rings. The Hall–Kier alpha value is -0.930. The Bertz CT molecular complexity index is 487. The lowest BCUT2D eigenvalue weighted by Crippen LogP contribution is -2.23. The maximum absolute atomic E-state index is 4.77.